The van der Waals surface area contributed by atoms with Crippen LogP contribution in [0.5, 0.6) is 5.75 Å². The van der Waals surface area contributed by atoms with E-state index in [0.29, 0.717) is 10.8 Å². The van der Waals surface area contributed by atoms with Gasteiger partial charge in [0.15, 0.2) is 0 Å². The Bertz CT molecular complexity index is 735. The molecule has 0 spiro atoms. The predicted octanol–water partition coefficient (Wildman–Crippen LogP) is 3.18. The maximum Gasteiger partial charge on any atom is 0.245 e. The molecule has 0 aliphatic heterocycles. The molecule has 2 aromatic carbocycles. The number of halogens is 2. The minimum atomic E-state index is -3.87. The molecule has 0 fully saturated rings. The first-order valence-corrected chi connectivity index (χ1v) is 8.32. The van der Waals surface area contributed by atoms with Gasteiger partial charge >= 0.3 is 0 Å². The Morgan fingerprint density at radius 1 is 1.14 bits per heavy atom. The summed E-state index contributed by atoms with van der Waals surface area (Å²) >= 11 is 5.76. The van der Waals surface area contributed by atoms with Gasteiger partial charge in [0, 0.05) is 18.6 Å². The molecule has 2 rings (SSSR count). The Morgan fingerprint density at radius 3 is 2.41 bits per heavy atom. The van der Waals surface area contributed by atoms with Crippen LogP contribution < -0.4 is 4.74 Å². The van der Waals surface area contributed by atoms with E-state index >= 15 is 0 Å². The second-order valence-corrected chi connectivity index (χ2v) is 7.01. The third kappa shape index (κ3) is 3.97. The molecule has 0 saturated carbocycles. The summed E-state index contributed by atoms with van der Waals surface area (Å²) < 4.78 is 44.6. The van der Waals surface area contributed by atoms with Crippen LogP contribution in [0, 0.1) is 5.82 Å². The van der Waals surface area contributed by atoms with Gasteiger partial charge in [-0.2, -0.15) is 4.31 Å². The van der Waals surface area contributed by atoms with Crippen molar-refractivity contribution >= 4 is 21.6 Å². The Balaban J connectivity index is 1.98. The van der Waals surface area contributed by atoms with Crippen molar-refractivity contribution in [2.45, 2.75) is 4.90 Å². The van der Waals surface area contributed by atoms with Crippen LogP contribution in [0.3, 0.4) is 0 Å². The fraction of sp³-hybridized carbons (Fsp3) is 0.200. The molecule has 0 bridgehead atoms. The fourth-order valence-electron chi connectivity index (χ4n) is 1.76. The quantitative estimate of drug-likeness (QED) is 0.809. The van der Waals surface area contributed by atoms with Gasteiger partial charge in [0.2, 0.25) is 10.0 Å². The number of likely N-dealkylation sites (N-methyl/N-ethyl adjacent to an activating group) is 1. The monoisotopic (exact) mass is 343 g/mol. The Labute approximate surface area is 134 Å². The molecule has 0 aliphatic rings. The number of sulfonamides is 1. The molecule has 0 heterocycles. The van der Waals surface area contributed by atoms with Crippen LogP contribution in [0.2, 0.25) is 5.02 Å². The van der Waals surface area contributed by atoms with Crippen molar-refractivity contribution in [1.82, 2.24) is 4.31 Å². The molecule has 0 saturated heterocycles. The van der Waals surface area contributed by atoms with Gasteiger partial charge in [-0.15, -0.1) is 0 Å². The minimum absolute atomic E-state index is 0.0965. The molecule has 0 atom stereocenters. The maximum absolute atomic E-state index is 13.6. The third-order valence-electron chi connectivity index (χ3n) is 3.01. The number of nitrogens with zero attached hydrogens (tertiary/aromatic N) is 1. The van der Waals surface area contributed by atoms with Crippen molar-refractivity contribution in [3.8, 4) is 5.75 Å². The fourth-order valence-corrected chi connectivity index (χ4v) is 3.11. The van der Waals surface area contributed by atoms with Gasteiger partial charge in [-0.3, -0.25) is 0 Å². The molecule has 4 nitrogen and oxygen atoms in total. The molecule has 22 heavy (non-hydrogen) atoms. The summed E-state index contributed by atoms with van der Waals surface area (Å²) in [4.78, 5) is -0.344. The molecule has 0 N–H and O–H groups in total. The minimum Gasteiger partial charge on any atom is -0.492 e. The summed E-state index contributed by atoms with van der Waals surface area (Å²) in [6.45, 7) is 0.241. The lowest BCUT2D eigenvalue weighted by atomic mass is 10.3. The lowest BCUT2D eigenvalue weighted by molar-refractivity contribution is 0.286. The van der Waals surface area contributed by atoms with Gasteiger partial charge in [0.05, 0.1) is 0 Å². The Kier molecular flexibility index (Phi) is 5.39. The molecular formula is C15H15ClFNO3S. The number of ether oxygens (including phenoxy) is 1. The third-order valence-corrected chi connectivity index (χ3v) is 5.16. The van der Waals surface area contributed by atoms with Crippen LogP contribution in [0.15, 0.2) is 53.4 Å². The number of hydrogen-bond donors (Lipinski definition) is 0. The highest BCUT2D eigenvalue weighted by molar-refractivity contribution is 7.89. The van der Waals surface area contributed by atoms with Crippen LogP contribution in [-0.4, -0.2) is 32.9 Å². The van der Waals surface area contributed by atoms with Crippen molar-refractivity contribution in [2.75, 3.05) is 20.2 Å². The van der Waals surface area contributed by atoms with Crippen molar-refractivity contribution < 1.29 is 17.5 Å². The highest BCUT2D eigenvalue weighted by atomic mass is 35.5. The van der Waals surface area contributed by atoms with Crippen LogP contribution in [0.1, 0.15) is 0 Å². The van der Waals surface area contributed by atoms with Crippen molar-refractivity contribution in [3.05, 3.63) is 59.4 Å². The second-order valence-electron chi connectivity index (χ2n) is 4.56. The number of benzene rings is 2. The first kappa shape index (κ1) is 16.7. The summed E-state index contributed by atoms with van der Waals surface area (Å²) in [5.41, 5.74) is 0. The SMILES string of the molecule is CN(CCOc1ccc(Cl)cc1)S(=O)(=O)c1ccccc1F. The predicted molar refractivity (Wildman–Crippen MR) is 83.2 cm³/mol. The van der Waals surface area contributed by atoms with Crippen LogP contribution in [0.4, 0.5) is 4.39 Å². The summed E-state index contributed by atoms with van der Waals surface area (Å²) in [7, 11) is -2.49. The first-order chi connectivity index (χ1) is 10.4. The van der Waals surface area contributed by atoms with E-state index < -0.39 is 15.8 Å². The van der Waals surface area contributed by atoms with Crippen LogP contribution in [0.25, 0.3) is 0 Å². The topological polar surface area (TPSA) is 46.6 Å². The van der Waals surface area contributed by atoms with E-state index in [-0.39, 0.29) is 18.0 Å². The van der Waals surface area contributed by atoms with E-state index in [1.165, 1.54) is 25.2 Å². The van der Waals surface area contributed by atoms with Crippen molar-refractivity contribution in [1.29, 1.82) is 0 Å². The molecule has 0 aromatic heterocycles. The number of rotatable bonds is 6. The second kappa shape index (κ2) is 7.09. The highest BCUT2D eigenvalue weighted by Gasteiger charge is 2.23. The molecule has 118 valence electrons. The number of hydrogen-bond acceptors (Lipinski definition) is 3. The summed E-state index contributed by atoms with van der Waals surface area (Å²) in [5, 5.41) is 0.589. The van der Waals surface area contributed by atoms with E-state index in [9.17, 15) is 12.8 Å². The molecule has 0 radical (unpaired) electrons. The van der Waals surface area contributed by atoms with E-state index in [2.05, 4.69) is 0 Å². The molecule has 2 aromatic rings. The normalized spacial score (nSPS) is 11.6. The van der Waals surface area contributed by atoms with Gasteiger partial charge in [-0.1, -0.05) is 23.7 Å². The van der Waals surface area contributed by atoms with Gasteiger partial charge in [-0.25, -0.2) is 12.8 Å². The standard InChI is InChI=1S/C15H15ClFNO3S/c1-18(10-11-21-13-8-6-12(16)7-9-13)22(19,20)15-5-3-2-4-14(15)17/h2-9H,10-11H2,1H3. The largest absolute Gasteiger partial charge is 0.492 e. The average Bonchev–Trinajstić information content (AvgIpc) is 2.49. The lowest BCUT2D eigenvalue weighted by Crippen LogP contribution is -2.31. The maximum atomic E-state index is 13.6. The lowest BCUT2D eigenvalue weighted by Gasteiger charge is -2.17. The van der Waals surface area contributed by atoms with Crippen molar-refractivity contribution in [3.63, 3.8) is 0 Å². The molecule has 0 aliphatic carbocycles. The molecule has 7 heteroatoms. The Hall–Kier alpha value is -1.63. The van der Waals surface area contributed by atoms with E-state index in [4.69, 9.17) is 16.3 Å². The van der Waals surface area contributed by atoms with Gasteiger partial charge in [0.25, 0.3) is 0 Å². The zero-order chi connectivity index (χ0) is 16.2. The van der Waals surface area contributed by atoms with E-state index in [1.807, 2.05) is 0 Å². The molecule has 0 amide bonds. The van der Waals surface area contributed by atoms with E-state index in [0.717, 1.165) is 10.4 Å². The van der Waals surface area contributed by atoms with Gasteiger partial charge in [-0.05, 0) is 36.4 Å². The molecular weight excluding hydrogens is 329 g/mol. The van der Waals surface area contributed by atoms with Gasteiger partial charge in [0.1, 0.15) is 23.1 Å². The van der Waals surface area contributed by atoms with Crippen LogP contribution >= 0.6 is 11.6 Å². The Morgan fingerprint density at radius 2 is 1.77 bits per heavy atom. The zero-order valence-corrected chi connectivity index (χ0v) is 13.4. The van der Waals surface area contributed by atoms with E-state index in [1.54, 1.807) is 24.3 Å². The summed E-state index contributed by atoms with van der Waals surface area (Å²) in [6, 6.07) is 12.0. The smallest absolute Gasteiger partial charge is 0.245 e. The molecule has 0 unspecified atom stereocenters. The van der Waals surface area contributed by atoms with Gasteiger partial charge < -0.3 is 4.74 Å². The van der Waals surface area contributed by atoms with Crippen molar-refractivity contribution in [2.24, 2.45) is 0 Å². The summed E-state index contributed by atoms with van der Waals surface area (Å²) in [5.74, 6) is -0.186. The first-order valence-electron chi connectivity index (χ1n) is 6.50. The zero-order valence-electron chi connectivity index (χ0n) is 11.9. The van der Waals surface area contributed by atoms with Crippen LogP contribution in [-0.2, 0) is 10.0 Å². The highest BCUT2D eigenvalue weighted by Crippen LogP contribution is 2.18. The average molecular weight is 344 g/mol. The summed E-state index contributed by atoms with van der Waals surface area (Å²) in [6.07, 6.45) is 0.